The topological polar surface area (TPSA) is 34.1 Å². The van der Waals surface area contributed by atoms with Crippen LogP contribution in [0.25, 0.3) is 0 Å². The van der Waals surface area contributed by atoms with Crippen molar-refractivity contribution in [3.63, 3.8) is 0 Å². The van der Waals surface area contributed by atoms with Crippen LogP contribution in [0.5, 0.6) is 0 Å². The third-order valence-corrected chi connectivity index (χ3v) is 3.82. The van der Waals surface area contributed by atoms with Gasteiger partial charge in [-0.15, -0.1) is 18.2 Å². The van der Waals surface area contributed by atoms with Crippen molar-refractivity contribution in [2.24, 2.45) is 0 Å². The van der Waals surface area contributed by atoms with E-state index in [1.807, 2.05) is 0 Å². The van der Waals surface area contributed by atoms with Crippen molar-refractivity contribution in [3.05, 3.63) is 42.5 Å². The van der Waals surface area contributed by atoms with Crippen LogP contribution in [0.15, 0.2) is 41.8 Å². The fourth-order valence-electron chi connectivity index (χ4n) is 1.16. The summed E-state index contributed by atoms with van der Waals surface area (Å²) < 4.78 is 23.4. The molecule has 1 rings (SSSR count). The second kappa shape index (κ2) is 4.62. The van der Waals surface area contributed by atoms with Crippen LogP contribution < -0.4 is 0 Å². The molecule has 1 aromatic carbocycles. The minimum atomic E-state index is -3.26. The van der Waals surface area contributed by atoms with Crippen molar-refractivity contribution in [2.75, 3.05) is 5.75 Å². The van der Waals surface area contributed by atoms with E-state index < -0.39 is 9.84 Å². The first-order valence-electron chi connectivity index (χ1n) is 4.09. The van der Waals surface area contributed by atoms with Gasteiger partial charge in [-0.25, -0.2) is 8.42 Å². The van der Waals surface area contributed by atoms with Crippen LogP contribution in [0.2, 0.25) is 0 Å². The molecule has 0 aliphatic heterocycles. The van der Waals surface area contributed by atoms with Crippen molar-refractivity contribution < 1.29 is 8.42 Å². The maximum absolute atomic E-state index is 11.7. The average Bonchev–Trinajstić information content (AvgIpc) is 2.18. The summed E-state index contributed by atoms with van der Waals surface area (Å²) >= 11 is 5.65. The summed E-state index contributed by atoms with van der Waals surface area (Å²) in [6.07, 6.45) is 1.38. The third kappa shape index (κ3) is 2.36. The minimum Gasteiger partial charge on any atom is -0.223 e. The Bertz CT molecular complexity index is 424. The summed E-state index contributed by atoms with van der Waals surface area (Å²) in [5.41, 5.74) is 0.635. The Morgan fingerprint density at radius 3 is 2.57 bits per heavy atom. The second-order valence-corrected chi connectivity index (χ2v) is 5.08. The molecule has 0 N–H and O–H groups in total. The molecule has 0 aliphatic carbocycles. The van der Waals surface area contributed by atoms with E-state index >= 15 is 0 Å². The first-order chi connectivity index (χ1) is 6.61. The zero-order valence-electron chi connectivity index (χ0n) is 7.61. The Morgan fingerprint density at radius 2 is 2.00 bits per heavy atom. The van der Waals surface area contributed by atoms with Gasteiger partial charge in [0.25, 0.3) is 0 Å². The van der Waals surface area contributed by atoms with Gasteiger partial charge in [-0.05, 0) is 11.6 Å². The molecular formula is C10H11ClO2S. The van der Waals surface area contributed by atoms with Crippen LogP contribution in [0.1, 0.15) is 5.56 Å². The summed E-state index contributed by atoms with van der Waals surface area (Å²) in [6, 6.07) is 6.73. The summed E-state index contributed by atoms with van der Waals surface area (Å²) in [5.74, 6) is 0.146. The van der Waals surface area contributed by atoms with Crippen LogP contribution >= 0.6 is 11.6 Å². The molecule has 0 bridgehead atoms. The standard InChI is InChI=1S/C10H11ClO2S/c1-2-7-14(12,13)10-6-4-3-5-9(10)8-11/h2-6H,1,7-8H2. The summed E-state index contributed by atoms with van der Waals surface area (Å²) in [4.78, 5) is 0.301. The first-order valence-corrected chi connectivity index (χ1v) is 6.28. The molecule has 0 spiro atoms. The largest absolute Gasteiger partial charge is 0.223 e. The Hall–Kier alpha value is -0.800. The van der Waals surface area contributed by atoms with Crippen LogP contribution in [-0.2, 0) is 15.7 Å². The van der Waals surface area contributed by atoms with Crippen LogP contribution in [0, 0.1) is 0 Å². The highest BCUT2D eigenvalue weighted by molar-refractivity contribution is 7.91. The lowest BCUT2D eigenvalue weighted by Gasteiger charge is -2.05. The van der Waals surface area contributed by atoms with Crippen molar-refractivity contribution in [1.82, 2.24) is 0 Å². The molecule has 0 saturated heterocycles. The minimum absolute atomic E-state index is 0.0547. The molecule has 0 heterocycles. The number of sulfone groups is 1. The highest BCUT2D eigenvalue weighted by atomic mass is 35.5. The van der Waals surface area contributed by atoms with Crippen molar-refractivity contribution in [3.8, 4) is 0 Å². The smallest absolute Gasteiger partial charge is 0.182 e. The number of halogens is 1. The fourth-order valence-corrected chi connectivity index (χ4v) is 2.79. The van der Waals surface area contributed by atoms with E-state index in [2.05, 4.69) is 6.58 Å². The maximum atomic E-state index is 11.7. The van der Waals surface area contributed by atoms with Crippen LogP contribution in [0.3, 0.4) is 0 Å². The molecule has 0 fully saturated rings. The zero-order valence-corrected chi connectivity index (χ0v) is 9.18. The Kier molecular flexibility index (Phi) is 3.72. The molecule has 0 aromatic heterocycles. The molecule has 76 valence electrons. The normalized spacial score (nSPS) is 11.2. The van der Waals surface area contributed by atoms with Gasteiger partial charge < -0.3 is 0 Å². The molecule has 2 nitrogen and oxygen atoms in total. The van der Waals surface area contributed by atoms with Crippen molar-refractivity contribution in [1.29, 1.82) is 0 Å². The molecule has 14 heavy (non-hydrogen) atoms. The zero-order chi connectivity index (χ0) is 10.6. The second-order valence-electron chi connectivity index (χ2n) is 2.81. The monoisotopic (exact) mass is 230 g/mol. The van der Waals surface area contributed by atoms with E-state index in [1.54, 1.807) is 24.3 Å². The molecule has 0 amide bonds. The average molecular weight is 231 g/mol. The number of hydrogen-bond donors (Lipinski definition) is 0. The Labute approximate surface area is 89.1 Å². The molecule has 4 heteroatoms. The van der Waals surface area contributed by atoms with Gasteiger partial charge in [0.15, 0.2) is 9.84 Å². The van der Waals surface area contributed by atoms with Gasteiger partial charge in [0.1, 0.15) is 0 Å². The molecule has 0 atom stereocenters. The maximum Gasteiger partial charge on any atom is 0.182 e. The molecule has 0 aliphatic rings. The van der Waals surface area contributed by atoms with E-state index in [0.717, 1.165) is 0 Å². The lowest BCUT2D eigenvalue weighted by Crippen LogP contribution is -2.06. The van der Waals surface area contributed by atoms with Gasteiger partial charge in [-0.2, -0.15) is 0 Å². The Balaban J connectivity index is 3.24. The predicted octanol–water partition coefficient (Wildman–Crippen LogP) is 2.39. The van der Waals surface area contributed by atoms with Gasteiger partial charge in [-0.3, -0.25) is 0 Å². The molecule has 0 unspecified atom stereocenters. The quantitative estimate of drug-likeness (QED) is 0.588. The van der Waals surface area contributed by atoms with Crippen molar-refractivity contribution >= 4 is 21.4 Å². The van der Waals surface area contributed by atoms with E-state index in [1.165, 1.54) is 6.08 Å². The van der Waals surface area contributed by atoms with Crippen LogP contribution in [0.4, 0.5) is 0 Å². The first kappa shape index (κ1) is 11.3. The lowest BCUT2D eigenvalue weighted by atomic mass is 10.2. The van der Waals surface area contributed by atoms with Gasteiger partial charge in [0.2, 0.25) is 0 Å². The van der Waals surface area contributed by atoms with E-state index in [4.69, 9.17) is 11.6 Å². The van der Waals surface area contributed by atoms with Gasteiger partial charge in [0, 0.05) is 5.88 Å². The van der Waals surface area contributed by atoms with Gasteiger partial charge in [0.05, 0.1) is 10.6 Å². The molecule has 1 aromatic rings. The predicted molar refractivity (Wildman–Crippen MR) is 58.2 cm³/mol. The summed E-state index contributed by atoms with van der Waals surface area (Å²) in [5, 5.41) is 0. The van der Waals surface area contributed by atoms with Gasteiger partial charge in [-0.1, -0.05) is 24.3 Å². The number of rotatable bonds is 4. The number of alkyl halides is 1. The Morgan fingerprint density at radius 1 is 1.36 bits per heavy atom. The highest BCUT2D eigenvalue weighted by Crippen LogP contribution is 2.18. The van der Waals surface area contributed by atoms with Crippen molar-refractivity contribution in [2.45, 2.75) is 10.8 Å². The highest BCUT2D eigenvalue weighted by Gasteiger charge is 2.15. The van der Waals surface area contributed by atoms with E-state index in [-0.39, 0.29) is 11.6 Å². The van der Waals surface area contributed by atoms with E-state index in [9.17, 15) is 8.42 Å². The van der Waals surface area contributed by atoms with Gasteiger partial charge >= 0.3 is 0 Å². The lowest BCUT2D eigenvalue weighted by molar-refractivity contribution is 0.598. The molecule has 0 saturated carbocycles. The molecular weight excluding hydrogens is 220 g/mol. The summed E-state index contributed by atoms with van der Waals surface area (Å²) in [6.45, 7) is 3.41. The van der Waals surface area contributed by atoms with E-state index in [0.29, 0.717) is 10.5 Å². The third-order valence-electron chi connectivity index (χ3n) is 1.79. The summed E-state index contributed by atoms with van der Waals surface area (Å²) in [7, 11) is -3.26. The number of benzene rings is 1. The fraction of sp³-hybridized carbons (Fsp3) is 0.200. The number of hydrogen-bond acceptors (Lipinski definition) is 2. The van der Waals surface area contributed by atoms with Crippen LogP contribution in [-0.4, -0.2) is 14.2 Å². The SMILES string of the molecule is C=CCS(=O)(=O)c1ccccc1CCl. The molecule has 0 radical (unpaired) electrons.